The van der Waals surface area contributed by atoms with Gasteiger partial charge in [0.15, 0.2) is 0 Å². The second-order valence-electron chi connectivity index (χ2n) is 3.92. The summed E-state index contributed by atoms with van der Waals surface area (Å²) in [6.45, 7) is 1.72. The molecule has 0 bridgehead atoms. The highest BCUT2D eigenvalue weighted by Crippen LogP contribution is 2.27. The number of aromatic hydroxyl groups is 1. The molecule has 4 heteroatoms. The molecule has 3 rings (SSSR count). The van der Waals surface area contributed by atoms with Crippen molar-refractivity contribution in [2.75, 3.05) is 13.1 Å². The Morgan fingerprint density at radius 3 is 2.94 bits per heavy atom. The Bertz CT molecular complexity index is 523. The number of benzene rings is 1. The molecular formula is C12H12N2O2. The van der Waals surface area contributed by atoms with Gasteiger partial charge >= 0.3 is 0 Å². The summed E-state index contributed by atoms with van der Waals surface area (Å²) in [5.74, 6) is 0.831. The summed E-state index contributed by atoms with van der Waals surface area (Å²) in [5.41, 5.74) is 0. The van der Waals surface area contributed by atoms with Crippen LogP contribution in [0.3, 0.4) is 0 Å². The van der Waals surface area contributed by atoms with Gasteiger partial charge in [0.1, 0.15) is 11.9 Å². The minimum absolute atomic E-state index is 0.195. The molecule has 16 heavy (non-hydrogen) atoms. The Morgan fingerprint density at radius 2 is 2.19 bits per heavy atom. The van der Waals surface area contributed by atoms with Crippen LogP contribution in [-0.4, -0.2) is 29.3 Å². The number of pyridine rings is 1. The van der Waals surface area contributed by atoms with Crippen LogP contribution in [0.2, 0.25) is 0 Å². The quantitative estimate of drug-likeness (QED) is 0.794. The van der Waals surface area contributed by atoms with Gasteiger partial charge in [-0.15, -0.1) is 0 Å². The second kappa shape index (κ2) is 3.64. The fraction of sp³-hybridized carbons (Fsp3) is 0.250. The van der Waals surface area contributed by atoms with Gasteiger partial charge in [0.25, 0.3) is 0 Å². The lowest BCUT2D eigenvalue weighted by atomic mass is 10.1. The van der Waals surface area contributed by atoms with Crippen molar-refractivity contribution in [3.63, 3.8) is 0 Å². The summed E-state index contributed by atoms with van der Waals surface area (Å²) in [6.07, 6.45) is 1.92. The Morgan fingerprint density at radius 1 is 1.31 bits per heavy atom. The van der Waals surface area contributed by atoms with E-state index in [9.17, 15) is 5.11 Å². The van der Waals surface area contributed by atoms with Gasteiger partial charge in [-0.25, -0.2) is 4.98 Å². The first-order chi connectivity index (χ1) is 7.83. The SMILES string of the molecule is Oc1ccc2ccnc(OC3CNC3)c2c1. The zero-order valence-corrected chi connectivity index (χ0v) is 8.68. The van der Waals surface area contributed by atoms with Crippen LogP contribution in [0.25, 0.3) is 10.8 Å². The lowest BCUT2D eigenvalue weighted by Crippen LogP contribution is -2.50. The van der Waals surface area contributed by atoms with Crippen LogP contribution < -0.4 is 10.1 Å². The number of ether oxygens (including phenoxy) is 1. The van der Waals surface area contributed by atoms with E-state index in [0.29, 0.717) is 5.88 Å². The maximum atomic E-state index is 9.46. The van der Waals surface area contributed by atoms with Gasteiger partial charge in [-0.1, -0.05) is 6.07 Å². The topological polar surface area (TPSA) is 54.4 Å². The molecule has 2 heterocycles. The van der Waals surface area contributed by atoms with Crippen molar-refractivity contribution in [1.29, 1.82) is 0 Å². The number of hydrogen-bond donors (Lipinski definition) is 2. The molecule has 0 saturated carbocycles. The van der Waals surface area contributed by atoms with E-state index < -0.39 is 0 Å². The van der Waals surface area contributed by atoms with E-state index in [4.69, 9.17) is 4.74 Å². The molecule has 1 aromatic heterocycles. The number of fused-ring (bicyclic) bond motifs is 1. The summed E-state index contributed by atoms with van der Waals surface area (Å²) >= 11 is 0. The molecule has 0 atom stereocenters. The zero-order chi connectivity index (χ0) is 11.0. The van der Waals surface area contributed by atoms with Crippen LogP contribution >= 0.6 is 0 Å². The average molecular weight is 216 g/mol. The fourth-order valence-electron chi connectivity index (χ4n) is 1.73. The fourth-order valence-corrected chi connectivity index (χ4v) is 1.73. The summed E-state index contributed by atoms with van der Waals surface area (Å²) in [7, 11) is 0. The Balaban J connectivity index is 2.04. The number of hydrogen-bond acceptors (Lipinski definition) is 4. The van der Waals surface area contributed by atoms with E-state index in [-0.39, 0.29) is 11.9 Å². The number of nitrogens with one attached hydrogen (secondary N) is 1. The van der Waals surface area contributed by atoms with Gasteiger partial charge in [-0.3, -0.25) is 0 Å². The minimum atomic E-state index is 0.195. The maximum absolute atomic E-state index is 9.46. The largest absolute Gasteiger partial charge is 0.508 e. The number of rotatable bonds is 2. The highest BCUT2D eigenvalue weighted by atomic mass is 16.5. The first-order valence-corrected chi connectivity index (χ1v) is 5.28. The number of phenols is 1. The van der Waals surface area contributed by atoms with E-state index >= 15 is 0 Å². The summed E-state index contributed by atoms with van der Waals surface area (Å²) in [6, 6.07) is 7.11. The van der Waals surface area contributed by atoms with Crippen molar-refractivity contribution in [2.45, 2.75) is 6.10 Å². The summed E-state index contributed by atoms with van der Waals surface area (Å²) in [5, 5.41) is 14.5. The number of nitrogens with zero attached hydrogens (tertiary/aromatic N) is 1. The highest BCUT2D eigenvalue weighted by Gasteiger charge is 2.19. The molecule has 1 saturated heterocycles. The van der Waals surface area contributed by atoms with Crippen molar-refractivity contribution in [1.82, 2.24) is 10.3 Å². The number of phenolic OH excluding ortho intramolecular Hbond substituents is 1. The Kier molecular flexibility index (Phi) is 2.15. The molecule has 82 valence electrons. The van der Waals surface area contributed by atoms with Crippen LogP contribution in [0.4, 0.5) is 0 Å². The highest BCUT2D eigenvalue weighted by molar-refractivity contribution is 5.87. The molecule has 2 N–H and O–H groups in total. The van der Waals surface area contributed by atoms with Crippen LogP contribution in [-0.2, 0) is 0 Å². The van der Waals surface area contributed by atoms with Gasteiger partial charge in [-0.05, 0) is 23.6 Å². The van der Waals surface area contributed by atoms with Crippen LogP contribution in [0.15, 0.2) is 30.5 Å². The van der Waals surface area contributed by atoms with Crippen molar-refractivity contribution in [2.24, 2.45) is 0 Å². The van der Waals surface area contributed by atoms with E-state index in [2.05, 4.69) is 10.3 Å². The van der Waals surface area contributed by atoms with Crippen molar-refractivity contribution < 1.29 is 9.84 Å². The van der Waals surface area contributed by atoms with E-state index in [1.807, 2.05) is 12.1 Å². The molecule has 1 aromatic carbocycles. The molecule has 0 amide bonds. The lowest BCUT2D eigenvalue weighted by molar-refractivity contribution is 0.138. The van der Waals surface area contributed by atoms with Gasteiger partial charge in [0.2, 0.25) is 5.88 Å². The summed E-state index contributed by atoms with van der Waals surface area (Å²) in [4.78, 5) is 4.21. The third kappa shape index (κ3) is 1.57. The van der Waals surface area contributed by atoms with E-state index in [1.165, 1.54) is 0 Å². The van der Waals surface area contributed by atoms with Crippen LogP contribution in [0, 0.1) is 0 Å². The predicted octanol–water partition coefficient (Wildman–Crippen LogP) is 1.29. The minimum Gasteiger partial charge on any atom is -0.508 e. The smallest absolute Gasteiger partial charge is 0.221 e. The van der Waals surface area contributed by atoms with Gasteiger partial charge in [0, 0.05) is 24.7 Å². The standard InChI is InChI=1S/C12H12N2O2/c15-9-2-1-8-3-4-14-12(11(8)5-9)16-10-6-13-7-10/h1-5,10,13,15H,6-7H2. The van der Waals surface area contributed by atoms with Crippen LogP contribution in [0.5, 0.6) is 11.6 Å². The number of aromatic nitrogens is 1. The monoisotopic (exact) mass is 216 g/mol. The molecule has 1 aliphatic heterocycles. The normalized spacial score (nSPS) is 16.0. The Labute approximate surface area is 92.9 Å². The molecule has 4 nitrogen and oxygen atoms in total. The third-order valence-electron chi connectivity index (χ3n) is 2.74. The average Bonchev–Trinajstić information content (AvgIpc) is 2.23. The molecule has 0 aliphatic carbocycles. The molecule has 0 radical (unpaired) electrons. The lowest BCUT2D eigenvalue weighted by Gasteiger charge is -2.27. The van der Waals surface area contributed by atoms with Gasteiger partial charge in [0.05, 0.1) is 0 Å². The first-order valence-electron chi connectivity index (χ1n) is 5.28. The molecule has 1 aliphatic rings. The predicted molar refractivity (Wildman–Crippen MR) is 60.7 cm³/mol. The maximum Gasteiger partial charge on any atom is 0.221 e. The van der Waals surface area contributed by atoms with Crippen molar-refractivity contribution in [3.8, 4) is 11.6 Å². The van der Waals surface area contributed by atoms with E-state index in [1.54, 1.807) is 18.3 Å². The molecular weight excluding hydrogens is 204 g/mol. The third-order valence-corrected chi connectivity index (χ3v) is 2.74. The molecule has 1 fully saturated rings. The Hall–Kier alpha value is -1.81. The van der Waals surface area contributed by atoms with Crippen molar-refractivity contribution in [3.05, 3.63) is 30.5 Å². The zero-order valence-electron chi connectivity index (χ0n) is 8.68. The van der Waals surface area contributed by atoms with Gasteiger partial charge in [-0.2, -0.15) is 0 Å². The molecule has 0 unspecified atom stereocenters. The summed E-state index contributed by atoms with van der Waals surface area (Å²) < 4.78 is 5.73. The van der Waals surface area contributed by atoms with E-state index in [0.717, 1.165) is 23.9 Å². The second-order valence-corrected chi connectivity index (χ2v) is 3.92. The van der Waals surface area contributed by atoms with Crippen LogP contribution in [0.1, 0.15) is 0 Å². The van der Waals surface area contributed by atoms with Gasteiger partial charge < -0.3 is 15.2 Å². The first kappa shape index (κ1) is 9.42. The van der Waals surface area contributed by atoms with Crippen molar-refractivity contribution >= 4 is 10.8 Å². The molecule has 0 spiro atoms. The molecule has 2 aromatic rings.